The Morgan fingerprint density at radius 3 is 2.53 bits per heavy atom. The molecule has 2 nitrogen and oxygen atoms in total. The fourth-order valence-corrected chi connectivity index (χ4v) is 4.47. The average Bonchev–Trinajstić information content (AvgIpc) is 3.09. The minimum Gasteiger partial charge on any atom is -0.306 e. The Hall–Kier alpha value is -0.860. The molecule has 102 valence electrons. The van der Waals surface area contributed by atoms with E-state index in [1.165, 1.54) is 44.6 Å². The third kappa shape index (κ3) is 2.21. The van der Waals surface area contributed by atoms with Crippen LogP contribution in [0.1, 0.15) is 18.4 Å². The van der Waals surface area contributed by atoms with Crippen LogP contribution in [0.3, 0.4) is 0 Å². The summed E-state index contributed by atoms with van der Waals surface area (Å²) in [7, 11) is 2.30. The Balaban J connectivity index is 1.52. The molecule has 0 radical (unpaired) electrons. The van der Waals surface area contributed by atoms with E-state index in [0.717, 1.165) is 23.8 Å². The Morgan fingerprint density at radius 2 is 1.79 bits per heavy atom. The number of hydrogen-bond donors (Lipinski definition) is 0. The normalized spacial score (nSPS) is 35.7. The van der Waals surface area contributed by atoms with Gasteiger partial charge >= 0.3 is 0 Å². The monoisotopic (exact) mass is 256 g/mol. The molecule has 2 heteroatoms. The van der Waals surface area contributed by atoms with Crippen molar-refractivity contribution in [2.24, 2.45) is 17.8 Å². The second-order valence-electron chi connectivity index (χ2n) is 6.89. The molecule has 0 bridgehead atoms. The maximum absolute atomic E-state index is 2.80. The SMILES string of the molecule is CN1C[C@@H]2CN(Cc3ccccc3)[C@H](C3CC3)[C@H]2C1. The first-order chi connectivity index (χ1) is 9.31. The zero-order chi connectivity index (χ0) is 12.8. The van der Waals surface area contributed by atoms with Gasteiger partial charge in [-0.2, -0.15) is 0 Å². The van der Waals surface area contributed by atoms with Gasteiger partial charge in [0.05, 0.1) is 0 Å². The van der Waals surface area contributed by atoms with Gasteiger partial charge in [0.2, 0.25) is 0 Å². The van der Waals surface area contributed by atoms with Gasteiger partial charge in [0.25, 0.3) is 0 Å². The predicted octanol–water partition coefficient (Wildman–Crippen LogP) is 2.46. The van der Waals surface area contributed by atoms with Crippen molar-refractivity contribution in [2.75, 3.05) is 26.7 Å². The maximum Gasteiger partial charge on any atom is 0.0237 e. The highest BCUT2D eigenvalue weighted by Crippen LogP contribution is 2.47. The number of benzene rings is 1. The summed E-state index contributed by atoms with van der Waals surface area (Å²) in [6.45, 7) is 5.14. The Labute approximate surface area is 116 Å². The number of nitrogens with zero attached hydrogens (tertiary/aromatic N) is 2. The number of rotatable bonds is 3. The average molecular weight is 256 g/mol. The Kier molecular flexibility index (Phi) is 2.89. The molecular formula is C17H24N2. The van der Waals surface area contributed by atoms with Crippen LogP contribution < -0.4 is 0 Å². The summed E-state index contributed by atoms with van der Waals surface area (Å²) in [6, 6.07) is 11.9. The number of hydrogen-bond acceptors (Lipinski definition) is 2. The van der Waals surface area contributed by atoms with E-state index in [-0.39, 0.29) is 0 Å². The van der Waals surface area contributed by atoms with Crippen LogP contribution in [-0.2, 0) is 6.54 Å². The highest BCUT2D eigenvalue weighted by molar-refractivity contribution is 5.16. The number of likely N-dealkylation sites (tertiary alicyclic amines) is 2. The smallest absolute Gasteiger partial charge is 0.0237 e. The van der Waals surface area contributed by atoms with E-state index < -0.39 is 0 Å². The van der Waals surface area contributed by atoms with Crippen molar-refractivity contribution in [3.8, 4) is 0 Å². The molecular weight excluding hydrogens is 232 g/mol. The van der Waals surface area contributed by atoms with Gasteiger partial charge in [0.15, 0.2) is 0 Å². The van der Waals surface area contributed by atoms with Crippen molar-refractivity contribution in [1.29, 1.82) is 0 Å². The lowest BCUT2D eigenvalue weighted by Crippen LogP contribution is -2.37. The molecule has 3 atom stereocenters. The highest BCUT2D eigenvalue weighted by atomic mass is 15.3. The summed E-state index contributed by atoms with van der Waals surface area (Å²) < 4.78 is 0. The third-order valence-corrected chi connectivity index (χ3v) is 5.34. The number of fused-ring (bicyclic) bond motifs is 1. The van der Waals surface area contributed by atoms with Gasteiger partial charge in [-0.3, -0.25) is 4.90 Å². The molecule has 3 fully saturated rings. The van der Waals surface area contributed by atoms with Crippen molar-refractivity contribution in [1.82, 2.24) is 9.80 Å². The first-order valence-electron chi connectivity index (χ1n) is 7.78. The molecule has 3 aliphatic rings. The zero-order valence-corrected chi connectivity index (χ0v) is 11.8. The van der Waals surface area contributed by atoms with Crippen LogP contribution in [0.25, 0.3) is 0 Å². The molecule has 0 amide bonds. The minimum atomic E-state index is 0.871. The molecule has 4 rings (SSSR count). The summed E-state index contributed by atoms with van der Waals surface area (Å²) >= 11 is 0. The second kappa shape index (κ2) is 4.60. The van der Waals surface area contributed by atoms with Crippen molar-refractivity contribution in [2.45, 2.75) is 25.4 Å². The van der Waals surface area contributed by atoms with Gasteiger partial charge in [0, 0.05) is 32.2 Å². The largest absolute Gasteiger partial charge is 0.306 e. The van der Waals surface area contributed by atoms with E-state index >= 15 is 0 Å². The maximum atomic E-state index is 2.80. The topological polar surface area (TPSA) is 6.48 Å². The molecule has 0 aromatic heterocycles. The van der Waals surface area contributed by atoms with Crippen LogP contribution in [-0.4, -0.2) is 42.5 Å². The van der Waals surface area contributed by atoms with Crippen molar-refractivity contribution in [3.63, 3.8) is 0 Å². The molecule has 0 unspecified atom stereocenters. The molecule has 0 N–H and O–H groups in total. The molecule has 2 aliphatic heterocycles. The van der Waals surface area contributed by atoms with E-state index in [0.29, 0.717) is 0 Å². The van der Waals surface area contributed by atoms with Gasteiger partial charge in [-0.05, 0) is 43.2 Å². The summed E-state index contributed by atoms with van der Waals surface area (Å²) in [5, 5.41) is 0. The van der Waals surface area contributed by atoms with Crippen LogP contribution >= 0.6 is 0 Å². The third-order valence-electron chi connectivity index (χ3n) is 5.34. The van der Waals surface area contributed by atoms with E-state index in [2.05, 4.69) is 47.2 Å². The standard InChI is InChI=1S/C17H24N2/c1-18-10-15-11-19(9-13-5-3-2-4-6-13)17(14-7-8-14)16(15)12-18/h2-6,14-17H,7-12H2,1H3/t15-,16+,17-/m1/s1. The first kappa shape index (κ1) is 11.9. The molecule has 2 saturated heterocycles. The molecule has 0 spiro atoms. The molecule has 19 heavy (non-hydrogen) atoms. The first-order valence-corrected chi connectivity index (χ1v) is 7.78. The van der Waals surface area contributed by atoms with Crippen molar-refractivity contribution < 1.29 is 0 Å². The summed E-state index contributed by atoms with van der Waals surface area (Å²) in [5.41, 5.74) is 1.49. The minimum absolute atomic E-state index is 0.871. The summed E-state index contributed by atoms with van der Waals surface area (Å²) in [5.74, 6) is 2.88. The lowest BCUT2D eigenvalue weighted by Gasteiger charge is -2.29. The predicted molar refractivity (Wildman–Crippen MR) is 77.8 cm³/mol. The van der Waals surface area contributed by atoms with Crippen LogP contribution in [0.4, 0.5) is 0 Å². The van der Waals surface area contributed by atoms with Crippen LogP contribution in [0, 0.1) is 17.8 Å². The van der Waals surface area contributed by atoms with E-state index in [9.17, 15) is 0 Å². The molecule has 1 saturated carbocycles. The van der Waals surface area contributed by atoms with Gasteiger partial charge < -0.3 is 4.90 Å². The fourth-order valence-electron chi connectivity index (χ4n) is 4.47. The van der Waals surface area contributed by atoms with Crippen molar-refractivity contribution in [3.05, 3.63) is 35.9 Å². The molecule has 1 aromatic carbocycles. The second-order valence-corrected chi connectivity index (χ2v) is 6.89. The summed E-state index contributed by atoms with van der Waals surface area (Å²) in [4.78, 5) is 5.35. The van der Waals surface area contributed by atoms with Gasteiger partial charge in [-0.25, -0.2) is 0 Å². The van der Waals surface area contributed by atoms with Crippen LogP contribution in [0.2, 0.25) is 0 Å². The van der Waals surface area contributed by atoms with Gasteiger partial charge in [-0.15, -0.1) is 0 Å². The van der Waals surface area contributed by atoms with Crippen molar-refractivity contribution >= 4 is 0 Å². The van der Waals surface area contributed by atoms with Crippen LogP contribution in [0.15, 0.2) is 30.3 Å². The quantitative estimate of drug-likeness (QED) is 0.819. The highest BCUT2D eigenvalue weighted by Gasteiger charge is 2.51. The van der Waals surface area contributed by atoms with Gasteiger partial charge in [-0.1, -0.05) is 30.3 Å². The van der Waals surface area contributed by atoms with Gasteiger partial charge in [0.1, 0.15) is 0 Å². The fraction of sp³-hybridized carbons (Fsp3) is 0.647. The van der Waals surface area contributed by atoms with E-state index in [4.69, 9.17) is 0 Å². The Bertz CT molecular complexity index is 440. The lowest BCUT2D eigenvalue weighted by molar-refractivity contribution is 0.177. The van der Waals surface area contributed by atoms with E-state index in [1.807, 2.05) is 0 Å². The Morgan fingerprint density at radius 1 is 1.00 bits per heavy atom. The molecule has 1 aromatic rings. The molecule has 2 heterocycles. The summed E-state index contributed by atoms with van der Waals surface area (Å²) in [6.07, 6.45) is 2.95. The lowest BCUT2D eigenvalue weighted by atomic mass is 9.91. The van der Waals surface area contributed by atoms with Crippen LogP contribution in [0.5, 0.6) is 0 Å². The zero-order valence-electron chi connectivity index (χ0n) is 11.8. The van der Waals surface area contributed by atoms with E-state index in [1.54, 1.807) is 0 Å². The molecule has 1 aliphatic carbocycles.